The van der Waals surface area contributed by atoms with Gasteiger partial charge in [-0.25, -0.2) is 4.79 Å². The number of hydrogen-bond donors (Lipinski definition) is 2. The molecule has 2 heterocycles. The summed E-state index contributed by atoms with van der Waals surface area (Å²) in [6.45, 7) is 3.74. The second-order valence-corrected chi connectivity index (χ2v) is 4.70. The first kappa shape index (κ1) is 13.6. The maximum absolute atomic E-state index is 11.8. The number of carbonyl (C=O) groups excluding carboxylic acids is 1. The number of nitrogens with zero attached hydrogens (tertiary/aromatic N) is 1. The van der Waals surface area contributed by atoms with E-state index in [0.29, 0.717) is 5.76 Å². The van der Waals surface area contributed by atoms with Gasteiger partial charge in [0.15, 0.2) is 0 Å². The van der Waals surface area contributed by atoms with Crippen molar-refractivity contribution < 1.29 is 19.1 Å². The highest BCUT2D eigenvalue weighted by molar-refractivity contribution is 5.84. The third-order valence-corrected chi connectivity index (χ3v) is 3.28. The van der Waals surface area contributed by atoms with Crippen molar-refractivity contribution in [3.8, 4) is 0 Å². The molecule has 1 atom stereocenters. The van der Waals surface area contributed by atoms with Gasteiger partial charge < -0.3 is 14.4 Å². The molecule has 1 aliphatic rings. The lowest BCUT2D eigenvalue weighted by Gasteiger charge is -2.17. The van der Waals surface area contributed by atoms with Gasteiger partial charge in [0.1, 0.15) is 5.76 Å². The second-order valence-electron chi connectivity index (χ2n) is 4.70. The molecule has 0 bridgehead atoms. The number of hydrogen-bond acceptors (Lipinski definition) is 4. The molecular formula is C13H18N2O4. The van der Waals surface area contributed by atoms with Crippen molar-refractivity contribution in [2.24, 2.45) is 0 Å². The van der Waals surface area contributed by atoms with Crippen LogP contribution in [0.15, 0.2) is 16.5 Å². The summed E-state index contributed by atoms with van der Waals surface area (Å²) in [4.78, 5) is 24.4. The van der Waals surface area contributed by atoms with E-state index in [4.69, 9.17) is 9.52 Å². The molecule has 0 aliphatic carbocycles. The van der Waals surface area contributed by atoms with Crippen molar-refractivity contribution in [2.45, 2.75) is 25.8 Å². The third kappa shape index (κ3) is 3.35. The molecule has 0 aromatic carbocycles. The number of nitrogens with one attached hydrogen (secondary N) is 1. The van der Waals surface area contributed by atoms with Crippen molar-refractivity contribution in [1.29, 1.82) is 0 Å². The molecule has 1 aliphatic heterocycles. The number of amides is 1. The second kappa shape index (κ2) is 5.88. The molecular weight excluding hydrogens is 248 g/mol. The molecule has 6 nitrogen and oxygen atoms in total. The summed E-state index contributed by atoms with van der Waals surface area (Å²) in [6.07, 6.45) is 2.14. The molecule has 6 heteroatoms. The number of likely N-dealkylation sites (tertiary alicyclic amines) is 1. The zero-order chi connectivity index (χ0) is 13.8. The van der Waals surface area contributed by atoms with Crippen LogP contribution in [-0.2, 0) is 4.79 Å². The smallest absolute Gasteiger partial charge is 0.371 e. The maximum atomic E-state index is 11.8. The Balaban J connectivity index is 1.84. The minimum Gasteiger partial charge on any atom is -0.475 e. The van der Waals surface area contributed by atoms with Gasteiger partial charge in [0, 0.05) is 13.1 Å². The summed E-state index contributed by atoms with van der Waals surface area (Å²) in [5.41, 5.74) is 0. The third-order valence-electron chi connectivity index (χ3n) is 3.28. The van der Waals surface area contributed by atoms with Gasteiger partial charge >= 0.3 is 5.97 Å². The molecule has 1 fully saturated rings. The molecule has 1 saturated heterocycles. The molecule has 104 valence electrons. The van der Waals surface area contributed by atoms with Crippen LogP contribution in [0.5, 0.6) is 0 Å². The van der Waals surface area contributed by atoms with Crippen molar-refractivity contribution >= 4 is 11.9 Å². The lowest BCUT2D eigenvalue weighted by Crippen LogP contribution is -2.37. The van der Waals surface area contributed by atoms with Crippen molar-refractivity contribution in [3.05, 3.63) is 23.7 Å². The summed E-state index contributed by atoms with van der Waals surface area (Å²) in [5, 5.41) is 11.8. The fraction of sp³-hybridized carbons (Fsp3) is 0.538. The van der Waals surface area contributed by atoms with Crippen molar-refractivity contribution in [3.63, 3.8) is 0 Å². The Hall–Kier alpha value is -1.82. The topological polar surface area (TPSA) is 82.8 Å². The first-order valence-corrected chi connectivity index (χ1v) is 6.42. The van der Waals surface area contributed by atoms with Crippen molar-refractivity contribution in [2.75, 3.05) is 19.6 Å². The van der Waals surface area contributed by atoms with Crippen LogP contribution in [0.2, 0.25) is 0 Å². The standard InChI is InChI=1S/C13H18N2O4/c1-9(10-4-5-11(19-10)13(17)18)14-8-12(16)15-6-2-3-7-15/h4-5,9,14H,2-3,6-8H2,1H3,(H,17,18). The molecule has 1 amide bonds. The Kier molecular flexibility index (Phi) is 4.21. The molecule has 0 saturated carbocycles. The Bertz CT molecular complexity index is 463. The summed E-state index contributed by atoms with van der Waals surface area (Å²) in [6, 6.07) is 2.83. The first-order chi connectivity index (χ1) is 9.08. The van der Waals surface area contributed by atoms with Crippen LogP contribution in [0.4, 0.5) is 0 Å². The van der Waals surface area contributed by atoms with Gasteiger partial charge in [-0.1, -0.05) is 0 Å². The van der Waals surface area contributed by atoms with E-state index in [1.165, 1.54) is 6.07 Å². The van der Waals surface area contributed by atoms with E-state index in [0.717, 1.165) is 25.9 Å². The highest BCUT2D eigenvalue weighted by Crippen LogP contribution is 2.16. The van der Waals surface area contributed by atoms with E-state index in [-0.39, 0.29) is 24.3 Å². The Morgan fingerprint density at radius 2 is 2.11 bits per heavy atom. The van der Waals surface area contributed by atoms with Gasteiger partial charge in [-0.05, 0) is 31.9 Å². The lowest BCUT2D eigenvalue weighted by molar-refractivity contribution is -0.129. The molecule has 1 unspecified atom stereocenters. The van der Waals surface area contributed by atoms with Gasteiger partial charge in [0.2, 0.25) is 11.7 Å². The fourth-order valence-electron chi connectivity index (χ4n) is 2.12. The molecule has 2 rings (SSSR count). The first-order valence-electron chi connectivity index (χ1n) is 6.42. The van der Waals surface area contributed by atoms with Gasteiger partial charge in [-0.2, -0.15) is 0 Å². The zero-order valence-corrected chi connectivity index (χ0v) is 10.9. The van der Waals surface area contributed by atoms with Gasteiger partial charge in [0.25, 0.3) is 0 Å². The van der Waals surface area contributed by atoms with Crippen LogP contribution in [0, 0.1) is 0 Å². The number of rotatable bonds is 5. The van der Waals surface area contributed by atoms with Crippen LogP contribution in [0.25, 0.3) is 0 Å². The normalized spacial score (nSPS) is 16.6. The lowest BCUT2D eigenvalue weighted by atomic mass is 10.2. The Morgan fingerprint density at radius 3 is 2.68 bits per heavy atom. The largest absolute Gasteiger partial charge is 0.475 e. The number of carbonyl (C=O) groups is 2. The predicted molar refractivity (Wildman–Crippen MR) is 67.9 cm³/mol. The van der Waals surface area contributed by atoms with Crippen LogP contribution in [-0.4, -0.2) is 41.5 Å². The van der Waals surface area contributed by atoms with Crippen LogP contribution < -0.4 is 5.32 Å². The van der Waals surface area contributed by atoms with Gasteiger partial charge in [-0.15, -0.1) is 0 Å². The average Bonchev–Trinajstić information content (AvgIpc) is 3.05. The number of furan rings is 1. The van der Waals surface area contributed by atoms with Gasteiger partial charge in [-0.3, -0.25) is 10.1 Å². The number of carboxylic acids is 1. The van der Waals surface area contributed by atoms with E-state index in [1.807, 2.05) is 11.8 Å². The molecule has 0 radical (unpaired) electrons. The number of aromatic carboxylic acids is 1. The van der Waals surface area contributed by atoms with Crippen molar-refractivity contribution in [1.82, 2.24) is 10.2 Å². The summed E-state index contributed by atoms with van der Waals surface area (Å²) in [5.74, 6) is -0.581. The quantitative estimate of drug-likeness (QED) is 0.838. The van der Waals surface area contributed by atoms with E-state index >= 15 is 0 Å². The highest BCUT2D eigenvalue weighted by Gasteiger charge is 2.19. The zero-order valence-electron chi connectivity index (χ0n) is 10.9. The Morgan fingerprint density at radius 1 is 1.42 bits per heavy atom. The number of carboxylic acid groups (broad SMARTS) is 1. The highest BCUT2D eigenvalue weighted by atomic mass is 16.4. The molecule has 19 heavy (non-hydrogen) atoms. The van der Waals surface area contributed by atoms with E-state index < -0.39 is 5.97 Å². The molecule has 2 N–H and O–H groups in total. The molecule has 0 spiro atoms. The maximum Gasteiger partial charge on any atom is 0.371 e. The minimum absolute atomic E-state index is 0.0781. The summed E-state index contributed by atoms with van der Waals surface area (Å²) in [7, 11) is 0. The average molecular weight is 266 g/mol. The monoisotopic (exact) mass is 266 g/mol. The summed E-state index contributed by atoms with van der Waals surface area (Å²) < 4.78 is 5.18. The predicted octanol–water partition coefficient (Wildman–Crippen LogP) is 1.25. The minimum atomic E-state index is -1.09. The Labute approximate surface area is 111 Å². The SMILES string of the molecule is CC(NCC(=O)N1CCCC1)c1ccc(C(=O)O)o1. The van der Waals surface area contributed by atoms with E-state index in [1.54, 1.807) is 6.07 Å². The fourth-order valence-corrected chi connectivity index (χ4v) is 2.12. The van der Waals surface area contributed by atoms with Crippen LogP contribution in [0.3, 0.4) is 0 Å². The molecule has 1 aromatic heterocycles. The van der Waals surface area contributed by atoms with Crippen LogP contribution in [0.1, 0.15) is 42.1 Å². The molecule has 1 aromatic rings. The van der Waals surface area contributed by atoms with E-state index in [2.05, 4.69) is 5.32 Å². The van der Waals surface area contributed by atoms with Gasteiger partial charge in [0.05, 0.1) is 12.6 Å². The summed E-state index contributed by atoms with van der Waals surface area (Å²) >= 11 is 0. The van der Waals surface area contributed by atoms with E-state index in [9.17, 15) is 9.59 Å². The van der Waals surface area contributed by atoms with Crippen LogP contribution >= 0.6 is 0 Å².